The molecule has 0 radical (unpaired) electrons. The van der Waals surface area contributed by atoms with Gasteiger partial charge in [-0.3, -0.25) is 4.57 Å². The zero-order chi connectivity index (χ0) is 7.49. The van der Waals surface area contributed by atoms with Crippen molar-refractivity contribution in [3.63, 3.8) is 0 Å². The van der Waals surface area contributed by atoms with E-state index in [-0.39, 0.29) is 35.4 Å². The van der Waals surface area contributed by atoms with Gasteiger partial charge < -0.3 is 14.3 Å². The van der Waals surface area contributed by atoms with Gasteiger partial charge in [-0.1, -0.05) is 0 Å². The summed E-state index contributed by atoms with van der Waals surface area (Å²) in [5.74, 6) is 0.0345. The summed E-state index contributed by atoms with van der Waals surface area (Å²) in [6.45, 7) is 1.44. The van der Waals surface area contributed by atoms with Crippen LogP contribution in [0.25, 0.3) is 0 Å². The Kier molecular flexibility index (Phi) is 8.34. The van der Waals surface area contributed by atoms with Crippen molar-refractivity contribution >= 4 is 19.4 Å². The summed E-state index contributed by atoms with van der Waals surface area (Å²) in [7, 11) is -4.57. The van der Waals surface area contributed by atoms with E-state index in [1.165, 1.54) is 6.92 Å². The number of hydrogen-bond donors (Lipinski definition) is 1. The van der Waals surface area contributed by atoms with Gasteiger partial charge >= 0.3 is 29.6 Å². The van der Waals surface area contributed by atoms with Crippen molar-refractivity contribution in [1.82, 2.24) is 0 Å². The summed E-state index contributed by atoms with van der Waals surface area (Å²) in [5, 5.41) is 0. The summed E-state index contributed by atoms with van der Waals surface area (Å²) < 4.78 is 13.9. The van der Waals surface area contributed by atoms with Crippen LogP contribution in [0.2, 0.25) is 0 Å². The molecule has 0 aromatic rings. The Bertz CT molecular complexity index is 126. The molecule has 0 bridgehead atoms. The van der Waals surface area contributed by atoms with Crippen LogP contribution in [0.4, 0.5) is 0 Å². The van der Waals surface area contributed by atoms with Gasteiger partial charge in [0.2, 0.25) is 0 Å². The van der Waals surface area contributed by atoms with Gasteiger partial charge in [0.15, 0.2) is 0 Å². The third kappa shape index (κ3) is 9.40. The predicted octanol–water partition coefficient (Wildman–Crippen LogP) is -2.90. The molecule has 2 atom stereocenters. The van der Waals surface area contributed by atoms with Gasteiger partial charge in [-0.25, -0.2) is 0 Å². The Balaban J connectivity index is 0. The maximum atomic E-state index is 9.90. The SMILES string of the molecule is CC(CCl)OP(=O)([O-])O.[Na+]. The van der Waals surface area contributed by atoms with Crippen molar-refractivity contribution < 1.29 is 48.4 Å². The van der Waals surface area contributed by atoms with Crippen LogP contribution in [-0.2, 0) is 9.09 Å². The molecular weight excluding hydrogens is 189 g/mol. The van der Waals surface area contributed by atoms with Crippen LogP contribution in [-0.4, -0.2) is 16.9 Å². The molecule has 0 aromatic heterocycles. The molecule has 0 fully saturated rings. The average Bonchev–Trinajstić information content (AvgIpc) is 1.62. The minimum absolute atomic E-state index is 0. The molecule has 1 N–H and O–H groups in total. The van der Waals surface area contributed by atoms with Gasteiger partial charge in [-0.2, -0.15) is 0 Å². The van der Waals surface area contributed by atoms with Crippen molar-refractivity contribution in [3.05, 3.63) is 0 Å². The summed E-state index contributed by atoms with van der Waals surface area (Å²) in [4.78, 5) is 17.9. The Morgan fingerprint density at radius 3 is 2.40 bits per heavy atom. The van der Waals surface area contributed by atoms with E-state index in [0.29, 0.717) is 0 Å². The van der Waals surface area contributed by atoms with Crippen LogP contribution in [0, 0.1) is 0 Å². The van der Waals surface area contributed by atoms with Crippen molar-refractivity contribution in [2.75, 3.05) is 5.88 Å². The topological polar surface area (TPSA) is 69.6 Å². The summed E-state index contributed by atoms with van der Waals surface area (Å²) in [6, 6.07) is 0. The van der Waals surface area contributed by atoms with Gasteiger partial charge in [0, 0.05) is 5.88 Å². The number of phosphoric ester groups is 1. The molecule has 0 rings (SSSR count). The Labute approximate surface area is 86.4 Å². The second-order valence-corrected chi connectivity index (χ2v) is 3.00. The van der Waals surface area contributed by atoms with Crippen LogP contribution in [0.1, 0.15) is 6.92 Å². The van der Waals surface area contributed by atoms with E-state index in [2.05, 4.69) is 4.52 Å². The second-order valence-electron chi connectivity index (χ2n) is 1.54. The molecule has 0 heterocycles. The van der Waals surface area contributed by atoms with Gasteiger partial charge in [-0.05, 0) is 6.92 Å². The van der Waals surface area contributed by atoms with Gasteiger partial charge in [0.05, 0.1) is 6.10 Å². The first kappa shape index (κ1) is 14.0. The molecular formula is C3H7ClNaO4P. The van der Waals surface area contributed by atoms with E-state index < -0.39 is 13.9 Å². The monoisotopic (exact) mass is 196 g/mol. The van der Waals surface area contributed by atoms with E-state index in [4.69, 9.17) is 16.5 Å². The van der Waals surface area contributed by atoms with Crippen LogP contribution in [0.3, 0.4) is 0 Å². The molecule has 56 valence electrons. The number of halogens is 1. The first-order valence-electron chi connectivity index (χ1n) is 2.24. The molecule has 7 heteroatoms. The molecule has 2 unspecified atom stereocenters. The summed E-state index contributed by atoms with van der Waals surface area (Å²) in [6.07, 6.45) is -0.667. The number of rotatable bonds is 3. The third-order valence-electron chi connectivity index (χ3n) is 0.530. The van der Waals surface area contributed by atoms with Gasteiger partial charge in [0.1, 0.15) is 0 Å². The largest absolute Gasteiger partial charge is 1.00 e. The molecule has 0 saturated heterocycles. The van der Waals surface area contributed by atoms with E-state index in [9.17, 15) is 9.46 Å². The van der Waals surface area contributed by atoms with Crippen molar-refractivity contribution in [1.29, 1.82) is 0 Å². The quantitative estimate of drug-likeness (QED) is 0.299. The fourth-order valence-electron chi connectivity index (χ4n) is 0.256. The van der Waals surface area contributed by atoms with Crippen LogP contribution in [0.15, 0.2) is 0 Å². The molecule has 0 aliphatic heterocycles. The third-order valence-corrected chi connectivity index (χ3v) is 1.59. The normalized spacial score (nSPS) is 18.8. The molecule has 0 amide bonds. The van der Waals surface area contributed by atoms with E-state index in [0.717, 1.165) is 0 Å². The van der Waals surface area contributed by atoms with Crippen LogP contribution >= 0.6 is 19.4 Å². The molecule has 4 nitrogen and oxygen atoms in total. The zero-order valence-corrected chi connectivity index (χ0v) is 9.43. The smallest absolute Gasteiger partial charge is 0.756 e. The molecule has 0 spiro atoms. The second kappa shape index (κ2) is 5.98. The summed E-state index contributed by atoms with van der Waals surface area (Å²) >= 11 is 5.16. The maximum absolute atomic E-state index is 9.90. The molecule has 0 saturated carbocycles. The van der Waals surface area contributed by atoms with Crippen molar-refractivity contribution in [3.8, 4) is 0 Å². The Morgan fingerprint density at radius 1 is 1.90 bits per heavy atom. The average molecular weight is 197 g/mol. The van der Waals surface area contributed by atoms with Crippen LogP contribution in [0.5, 0.6) is 0 Å². The summed E-state index contributed by atoms with van der Waals surface area (Å²) in [5.41, 5.74) is 0. The maximum Gasteiger partial charge on any atom is 1.00 e. The zero-order valence-electron chi connectivity index (χ0n) is 5.78. The fraction of sp³-hybridized carbons (Fsp3) is 1.00. The minimum Gasteiger partial charge on any atom is -0.756 e. The number of alkyl halides is 1. The Hall–Kier alpha value is 1.40. The van der Waals surface area contributed by atoms with Crippen molar-refractivity contribution in [2.45, 2.75) is 13.0 Å². The Morgan fingerprint density at radius 2 is 2.30 bits per heavy atom. The molecule has 0 aliphatic carbocycles. The standard InChI is InChI=1S/C3H8ClO4P.Na/c1-3(2-4)8-9(5,6)7;/h3H,2H2,1H3,(H2,5,6,7);/q;+1/p-1. The first-order valence-corrected chi connectivity index (χ1v) is 4.27. The molecule has 0 aromatic carbocycles. The first-order chi connectivity index (χ1) is 3.95. The van der Waals surface area contributed by atoms with Gasteiger partial charge in [0.25, 0.3) is 7.82 Å². The molecule has 0 aliphatic rings. The number of phosphoric acid groups is 1. The molecule has 10 heavy (non-hydrogen) atoms. The van der Waals surface area contributed by atoms with E-state index >= 15 is 0 Å². The number of hydrogen-bond acceptors (Lipinski definition) is 3. The predicted molar refractivity (Wildman–Crippen MR) is 31.1 cm³/mol. The van der Waals surface area contributed by atoms with E-state index in [1.54, 1.807) is 0 Å². The van der Waals surface area contributed by atoms with Crippen LogP contribution < -0.4 is 34.5 Å². The van der Waals surface area contributed by atoms with E-state index in [1.807, 2.05) is 0 Å². The van der Waals surface area contributed by atoms with Gasteiger partial charge in [-0.15, -0.1) is 11.6 Å². The van der Waals surface area contributed by atoms with Crippen molar-refractivity contribution in [2.24, 2.45) is 0 Å². The minimum atomic E-state index is -4.57. The fourth-order valence-corrected chi connectivity index (χ4v) is 0.936.